The van der Waals surface area contributed by atoms with E-state index in [4.69, 9.17) is 5.73 Å². The Bertz CT molecular complexity index is 964. The normalized spacial score (nSPS) is 24.1. The lowest BCUT2D eigenvalue weighted by Gasteiger charge is -2.38. The van der Waals surface area contributed by atoms with Crippen LogP contribution in [0, 0.1) is 5.92 Å². The van der Waals surface area contributed by atoms with E-state index in [2.05, 4.69) is 4.72 Å². The first-order chi connectivity index (χ1) is 14.0. The number of carbonyl (C=O) groups is 1. The van der Waals surface area contributed by atoms with E-state index in [9.17, 15) is 21.6 Å². The number of nitrogens with one attached hydrogen (secondary N) is 1. The molecule has 2 aliphatic rings. The third-order valence-electron chi connectivity index (χ3n) is 6.42. The van der Waals surface area contributed by atoms with Crippen molar-refractivity contribution in [2.24, 2.45) is 11.7 Å². The highest BCUT2D eigenvalue weighted by Gasteiger charge is 2.35. The topological polar surface area (TPSA) is 127 Å². The molecule has 0 aromatic heterocycles. The van der Waals surface area contributed by atoms with Crippen molar-refractivity contribution < 1.29 is 21.6 Å². The summed E-state index contributed by atoms with van der Waals surface area (Å²) in [5, 5.41) is 0. The number of hydrogen-bond acceptors (Lipinski definition) is 6. The number of nitrogens with zero attached hydrogens (tertiary/aromatic N) is 1. The van der Waals surface area contributed by atoms with Crippen LogP contribution in [0.15, 0.2) is 34.1 Å². The van der Waals surface area contributed by atoms with Crippen molar-refractivity contribution in [1.29, 1.82) is 0 Å². The molecule has 8 nitrogen and oxygen atoms in total. The van der Waals surface area contributed by atoms with Crippen LogP contribution >= 0.6 is 0 Å². The van der Waals surface area contributed by atoms with Gasteiger partial charge in [-0.2, -0.15) is 0 Å². The number of rotatable bonds is 7. The lowest BCUT2D eigenvalue weighted by molar-refractivity contribution is -0.136. The van der Waals surface area contributed by atoms with Gasteiger partial charge < -0.3 is 10.6 Å². The average Bonchev–Trinajstić information content (AvgIpc) is 2.65. The molecular formula is C20H31N3O5S2. The van der Waals surface area contributed by atoms with E-state index >= 15 is 0 Å². The first-order valence-electron chi connectivity index (χ1n) is 10.3. The zero-order valence-corrected chi connectivity index (χ0v) is 19.1. The summed E-state index contributed by atoms with van der Waals surface area (Å²) in [6.07, 6.45) is 6.89. The Morgan fingerprint density at radius 1 is 1.00 bits per heavy atom. The summed E-state index contributed by atoms with van der Waals surface area (Å²) >= 11 is 0. The zero-order chi connectivity index (χ0) is 22.1. The molecule has 10 heteroatoms. The highest BCUT2D eigenvalue weighted by molar-refractivity contribution is 7.90. The van der Waals surface area contributed by atoms with Crippen molar-refractivity contribution in [3.05, 3.63) is 24.3 Å². The second-order valence-corrected chi connectivity index (χ2v) is 12.3. The van der Waals surface area contributed by atoms with Gasteiger partial charge in [-0.1, -0.05) is 0 Å². The molecule has 0 heterocycles. The molecule has 0 spiro atoms. The van der Waals surface area contributed by atoms with Crippen LogP contribution in [0.3, 0.4) is 0 Å². The van der Waals surface area contributed by atoms with Crippen LogP contribution in [0.2, 0.25) is 0 Å². The lowest BCUT2D eigenvalue weighted by Crippen LogP contribution is -2.52. The third-order valence-corrected chi connectivity index (χ3v) is 9.08. The Balaban J connectivity index is 1.55. The number of benzene rings is 1. The third kappa shape index (κ3) is 5.22. The van der Waals surface area contributed by atoms with Gasteiger partial charge in [0, 0.05) is 25.4 Å². The molecule has 0 unspecified atom stereocenters. The molecule has 0 radical (unpaired) electrons. The van der Waals surface area contributed by atoms with E-state index in [1.807, 2.05) is 7.05 Å². The van der Waals surface area contributed by atoms with Crippen LogP contribution in [-0.2, 0) is 24.7 Å². The number of sulfonamides is 1. The first kappa shape index (κ1) is 23.2. The summed E-state index contributed by atoms with van der Waals surface area (Å²) in [7, 11) is -5.31. The van der Waals surface area contributed by atoms with E-state index in [-0.39, 0.29) is 27.7 Å². The van der Waals surface area contributed by atoms with Crippen molar-refractivity contribution in [2.45, 2.75) is 72.9 Å². The lowest BCUT2D eigenvalue weighted by atomic mass is 9.81. The largest absolute Gasteiger partial charge is 0.341 e. The number of likely N-dealkylation sites (N-methyl/N-ethyl adjacent to an activating group) is 1. The number of nitrogens with two attached hydrogens (primary N) is 1. The van der Waals surface area contributed by atoms with E-state index in [1.54, 1.807) is 4.90 Å². The van der Waals surface area contributed by atoms with Crippen LogP contribution < -0.4 is 10.5 Å². The Morgan fingerprint density at radius 3 is 2.00 bits per heavy atom. The molecule has 168 valence electrons. The van der Waals surface area contributed by atoms with Gasteiger partial charge in [0.2, 0.25) is 15.9 Å². The molecule has 3 N–H and O–H groups in total. The molecule has 30 heavy (non-hydrogen) atoms. The Kier molecular flexibility index (Phi) is 6.91. The van der Waals surface area contributed by atoms with Gasteiger partial charge in [-0.3, -0.25) is 4.79 Å². The molecule has 0 saturated heterocycles. The van der Waals surface area contributed by atoms with Gasteiger partial charge in [0.1, 0.15) is 0 Å². The summed E-state index contributed by atoms with van der Waals surface area (Å²) in [5.74, 6) is 0.0320. The van der Waals surface area contributed by atoms with Gasteiger partial charge >= 0.3 is 0 Å². The fourth-order valence-corrected chi connectivity index (χ4v) is 6.08. The molecule has 2 saturated carbocycles. The SMILES string of the molecule is CN(C(=O)[C@@H](N)C1CCC(NS(=O)(=O)c2ccc(S(C)(=O)=O)cc2)CC1)C1CCC1. The second-order valence-electron chi connectivity index (χ2n) is 8.54. The quantitative estimate of drug-likeness (QED) is 0.635. The predicted octanol–water partition coefficient (Wildman–Crippen LogP) is 1.27. The van der Waals surface area contributed by atoms with Crippen molar-refractivity contribution >= 4 is 25.8 Å². The summed E-state index contributed by atoms with van der Waals surface area (Å²) in [4.78, 5) is 14.5. The Labute approximate surface area is 179 Å². The molecule has 0 bridgehead atoms. The van der Waals surface area contributed by atoms with E-state index in [0.29, 0.717) is 31.7 Å². The average molecular weight is 458 g/mol. The number of hydrogen-bond donors (Lipinski definition) is 2. The molecule has 1 aromatic rings. The van der Waals surface area contributed by atoms with Gasteiger partial charge in [0.15, 0.2) is 9.84 Å². The summed E-state index contributed by atoms with van der Waals surface area (Å²) in [5.41, 5.74) is 6.24. The highest BCUT2D eigenvalue weighted by atomic mass is 32.2. The zero-order valence-electron chi connectivity index (χ0n) is 17.5. The molecule has 1 aromatic carbocycles. The van der Waals surface area contributed by atoms with Gasteiger partial charge in [-0.25, -0.2) is 21.6 Å². The second kappa shape index (κ2) is 8.94. The number of amides is 1. The highest BCUT2D eigenvalue weighted by Crippen LogP contribution is 2.30. The smallest absolute Gasteiger partial charge is 0.240 e. The molecule has 3 rings (SSSR count). The van der Waals surface area contributed by atoms with E-state index in [0.717, 1.165) is 25.5 Å². The first-order valence-corrected chi connectivity index (χ1v) is 13.7. The van der Waals surface area contributed by atoms with Crippen LogP contribution in [0.1, 0.15) is 44.9 Å². The minimum Gasteiger partial charge on any atom is -0.341 e. The monoisotopic (exact) mass is 457 g/mol. The summed E-state index contributed by atoms with van der Waals surface area (Å²) in [6.45, 7) is 0. The Hall–Kier alpha value is -1.49. The van der Waals surface area contributed by atoms with Crippen molar-refractivity contribution in [3.8, 4) is 0 Å². The van der Waals surface area contributed by atoms with Crippen molar-refractivity contribution in [2.75, 3.05) is 13.3 Å². The summed E-state index contributed by atoms with van der Waals surface area (Å²) < 4.78 is 51.1. The molecule has 2 aliphatic carbocycles. The van der Waals surface area contributed by atoms with E-state index < -0.39 is 25.9 Å². The predicted molar refractivity (Wildman–Crippen MR) is 114 cm³/mol. The minimum atomic E-state index is -3.75. The summed E-state index contributed by atoms with van der Waals surface area (Å²) in [6, 6.07) is 4.73. The van der Waals surface area contributed by atoms with Crippen molar-refractivity contribution in [1.82, 2.24) is 9.62 Å². The van der Waals surface area contributed by atoms with Crippen LogP contribution in [0.4, 0.5) is 0 Å². The van der Waals surface area contributed by atoms with Gasteiger partial charge in [0.25, 0.3) is 0 Å². The van der Waals surface area contributed by atoms with Crippen molar-refractivity contribution in [3.63, 3.8) is 0 Å². The fraction of sp³-hybridized carbons (Fsp3) is 0.650. The van der Waals surface area contributed by atoms with Crippen LogP contribution in [0.5, 0.6) is 0 Å². The molecule has 1 atom stereocenters. The molecular weight excluding hydrogens is 426 g/mol. The maximum absolute atomic E-state index is 12.6. The van der Waals surface area contributed by atoms with E-state index in [1.165, 1.54) is 24.3 Å². The maximum Gasteiger partial charge on any atom is 0.240 e. The molecule has 0 aliphatic heterocycles. The standard InChI is InChI=1S/C20H31N3O5S2/c1-23(16-4-3-5-16)20(24)19(21)14-6-8-15(9-7-14)22-30(27,28)18-12-10-17(11-13-18)29(2,25)26/h10-16,19,22H,3-9,21H2,1-2H3/t14?,15?,19-/m0/s1. The van der Waals surface area contributed by atoms with Gasteiger partial charge in [0.05, 0.1) is 15.8 Å². The number of sulfone groups is 1. The van der Waals surface area contributed by atoms with Gasteiger partial charge in [-0.15, -0.1) is 0 Å². The minimum absolute atomic E-state index is 0.0188. The number of carbonyl (C=O) groups excluding carboxylic acids is 1. The molecule has 1 amide bonds. The fourth-order valence-electron chi connectivity index (χ4n) is 4.14. The van der Waals surface area contributed by atoms with Crippen LogP contribution in [0.25, 0.3) is 0 Å². The van der Waals surface area contributed by atoms with Gasteiger partial charge in [-0.05, 0) is 75.1 Å². The molecule has 2 fully saturated rings. The Morgan fingerprint density at radius 2 is 1.53 bits per heavy atom. The maximum atomic E-state index is 12.6. The van der Waals surface area contributed by atoms with Crippen LogP contribution in [-0.4, -0.2) is 59.1 Å².